The highest BCUT2D eigenvalue weighted by Gasteiger charge is 2.10. The summed E-state index contributed by atoms with van der Waals surface area (Å²) >= 11 is 0. The number of halogens is 1. The van der Waals surface area contributed by atoms with Gasteiger partial charge in [0.25, 0.3) is 0 Å². The molecule has 0 spiro atoms. The number of amidine groups is 1. The lowest BCUT2D eigenvalue weighted by Crippen LogP contribution is -2.23. The van der Waals surface area contributed by atoms with E-state index in [1.54, 1.807) is 31.0 Å². The molecule has 1 aromatic rings. The van der Waals surface area contributed by atoms with Gasteiger partial charge in [-0.15, -0.1) is 0 Å². The largest absolute Gasteiger partial charge is 0.409 e. The van der Waals surface area contributed by atoms with Crippen molar-refractivity contribution in [2.24, 2.45) is 10.9 Å². The third-order valence-corrected chi connectivity index (χ3v) is 2.64. The fourth-order valence-corrected chi connectivity index (χ4v) is 1.53. The van der Waals surface area contributed by atoms with Gasteiger partial charge in [0.05, 0.1) is 11.8 Å². The smallest absolute Gasteiger partial charge is 0.170 e. The zero-order valence-corrected chi connectivity index (χ0v) is 10.5. The Kier molecular flexibility index (Phi) is 4.91. The Hall–Kier alpha value is -1.82. The van der Waals surface area contributed by atoms with E-state index in [2.05, 4.69) is 5.16 Å². The van der Waals surface area contributed by atoms with Crippen LogP contribution in [0.25, 0.3) is 0 Å². The summed E-state index contributed by atoms with van der Waals surface area (Å²) in [5.74, 6) is -0.584. The second-order valence-corrected chi connectivity index (χ2v) is 4.21. The van der Waals surface area contributed by atoms with Gasteiger partial charge in [-0.3, -0.25) is 0 Å². The highest BCUT2D eigenvalue weighted by atomic mass is 19.1. The molecule has 1 unspecified atom stereocenters. The number of rotatable bonds is 5. The Bertz CT molecular complexity index is 435. The molecule has 0 amide bonds. The Morgan fingerprint density at radius 3 is 2.72 bits per heavy atom. The second-order valence-electron chi connectivity index (χ2n) is 4.21. The van der Waals surface area contributed by atoms with E-state index >= 15 is 0 Å². The molecule has 18 heavy (non-hydrogen) atoms. The third-order valence-electron chi connectivity index (χ3n) is 2.64. The number of anilines is 1. The van der Waals surface area contributed by atoms with Crippen molar-refractivity contribution in [2.45, 2.75) is 19.4 Å². The first-order chi connectivity index (χ1) is 8.45. The molecule has 100 valence electrons. The minimum Gasteiger partial charge on any atom is -0.409 e. The van der Waals surface area contributed by atoms with E-state index in [0.29, 0.717) is 24.2 Å². The van der Waals surface area contributed by atoms with Gasteiger partial charge in [0, 0.05) is 19.2 Å². The predicted molar refractivity (Wildman–Crippen MR) is 68.5 cm³/mol. The van der Waals surface area contributed by atoms with E-state index in [9.17, 15) is 9.50 Å². The van der Waals surface area contributed by atoms with Crippen LogP contribution in [0.5, 0.6) is 0 Å². The Morgan fingerprint density at radius 2 is 2.22 bits per heavy atom. The Balaban J connectivity index is 2.85. The predicted octanol–water partition coefficient (Wildman–Crippen LogP) is 1.13. The molecule has 0 fully saturated rings. The van der Waals surface area contributed by atoms with Crippen molar-refractivity contribution in [2.75, 3.05) is 18.5 Å². The van der Waals surface area contributed by atoms with Gasteiger partial charge in [0.1, 0.15) is 5.82 Å². The lowest BCUT2D eigenvalue weighted by atomic mass is 10.1. The molecule has 0 bridgehead atoms. The maximum atomic E-state index is 13.8. The van der Waals surface area contributed by atoms with Crippen LogP contribution in [0.15, 0.2) is 23.4 Å². The van der Waals surface area contributed by atoms with E-state index in [-0.39, 0.29) is 5.84 Å². The molecular weight excluding hydrogens is 237 g/mol. The van der Waals surface area contributed by atoms with Gasteiger partial charge in [0.15, 0.2) is 5.84 Å². The van der Waals surface area contributed by atoms with Crippen LogP contribution in [-0.2, 0) is 0 Å². The van der Waals surface area contributed by atoms with Crippen molar-refractivity contribution in [3.05, 3.63) is 29.6 Å². The molecule has 1 rings (SSSR count). The lowest BCUT2D eigenvalue weighted by molar-refractivity contribution is 0.187. The number of aliphatic hydroxyl groups excluding tert-OH is 1. The average Bonchev–Trinajstić information content (AvgIpc) is 2.34. The molecule has 1 aromatic carbocycles. The maximum absolute atomic E-state index is 13.8. The molecule has 0 saturated carbocycles. The van der Waals surface area contributed by atoms with Crippen molar-refractivity contribution < 1.29 is 14.7 Å². The molecule has 4 N–H and O–H groups in total. The lowest BCUT2D eigenvalue weighted by Gasteiger charge is -2.21. The SMILES string of the molecule is CC(O)CCN(C)c1ccc(/C(N)=N/O)cc1F. The van der Waals surface area contributed by atoms with E-state index in [0.717, 1.165) is 0 Å². The number of oxime groups is 1. The van der Waals surface area contributed by atoms with E-state index in [1.807, 2.05) is 0 Å². The molecule has 0 radical (unpaired) electrons. The number of nitrogens with zero attached hydrogens (tertiary/aromatic N) is 2. The molecule has 5 nitrogen and oxygen atoms in total. The van der Waals surface area contributed by atoms with Crippen molar-refractivity contribution in [1.29, 1.82) is 0 Å². The minimum absolute atomic E-state index is 0.132. The number of benzene rings is 1. The summed E-state index contributed by atoms with van der Waals surface area (Å²) in [4.78, 5) is 1.71. The first kappa shape index (κ1) is 14.2. The molecule has 1 atom stereocenters. The van der Waals surface area contributed by atoms with Crippen LogP contribution in [0.3, 0.4) is 0 Å². The molecule has 0 aliphatic rings. The van der Waals surface area contributed by atoms with Gasteiger partial charge in [-0.1, -0.05) is 5.16 Å². The second kappa shape index (κ2) is 6.20. The zero-order chi connectivity index (χ0) is 13.7. The summed E-state index contributed by atoms with van der Waals surface area (Å²) in [6, 6.07) is 4.35. The van der Waals surface area contributed by atoms with Crippen molar-refractivity contribution in [3.8, 4) is 0 Å². The highest BCUT2D eigenvalue weighted by molar-refractivity contribution is 5.97. The van der Waals surface area contributed by atoms with Crippen molar-refractivity contribution >= 4 is 11.5 Å². The quantitative estimate of drug-likeness (QED) is 0.319. The number of aliphatic hydroxyl groups is 1. The molecule has 0 aliphatic heterocycles. The summed E-state index contributed by atoms with van der Waals surface area (Å²) in [6.45, 7) is 2.23. The minimum atomic E-state index is -0.452. The molecular formula is C12H18FN3O2. The molecule has 0 saturated heterocycles. The fourth-order valence-electron chi connectivity index (χ4n) is 1.53. The molecule has 0 aromatic heterocycles. The standard InChI is InChI=1S/C12H18FN3O2/c1-8(17)5-6-16(2)11-4-3-9(7-10(11)13)12(14)15-18/h3-4,7-8,17-18H,5-6H2,1-2H3,(H2,14,15). The Morgan fingerprint density at radius 1 is 1.56 bits per heavy atom. The van der Waals surface area contributed by atoms with Gasteiger partial charge in [0.2, 0.25) is 0 Å². The summed E-state index contributed by atoms with van der Waals surface area (Å²) in [6.07, 6.45) is 0.129. The van der Waals surface area contributed by atoms with Crippen LogP contribution in [-0.4, -0.2) is 35.8 Å². The van der Waals surface area contributed by atoms with E-state index in [1.165, 1.54) is 6.07 Å². The summed E-state index contributed by atoms with van der Waals surface area (Å²) in [5, 5.41) is 20.5. The molecule has 6 heteroatoms. The van der Waals surface area contributed by atoms with Crippen molar-refractivity contribution in [1.82, 2.24) is 0 Å². The topological polar surface area (TPSA) is 82.1 Å². The molecule has 0 heterocycles. The maximum Gasteiger partial charge on any atom is 0.170 e. The van der Waals surface area contributed by atoms with Crippen LogP contribution in [0.2, 0.25) is 0 Å². The average molecular weight is 255 g/mol. The first-order valence-corrected chi connectivity index (χ1v) is 5.62. The third kappa shape index (κ3) is 3.59. The van der Waals surface area contributed by atoms with Crippen LogP contribution in [0.4, 0.5) is 10.1 Å². The van der Waals surface area contributed by atoms with Gasteiger partial charge in [-0.05, 0) is 31.5 Å². The van der Waals surface area contributed by atoms with Gasteiger partial charge < -0.3 is 20.9 Å². The number of nitrogens with two attached hydrogens (primary N) is 1. The van der Waals surface area contributed by atoms with Gasteiger partial charge in [-0.25, -0.2) is 4.39 Å². The monoisotopic (exact) mass is 255 g/mol. The normalized spacial score (nSPS) is 13.4. The van der Waals surface area contributed by atoms with Crippen molar-refractivity contribution in [3.63, 3.8) is 0 Å². The summed E-state index contributed by atoms with van der Waals surface area (Å²) in [7, 11) is 1.74. The zero-order valence-electron chi connectivity index (χ0n) is 10.5. The van der Waals surface area contributed by atoms with E-state index < -0.39 is 11.9 Å². The fraction of sp³-hybridized carbons (Fsp3) is 0.417. The van der Waals surface area contributed by atoms with Crippen LogP contribution >= 0.6 is 0 Å². The van der Waals surface area contributed by atoms with Gasteiger partial charge >= 0.3 is 0 Å². The number of hydrogen-bond donors (Lipinski definition) is 3. The van der Waals surface area contributed by atoms with Gasteiger partial charge in [-0.2, -0.15) is 0 Å². The summed E-state index contributed by atoms with van der Waals surface area (Å²) < 4.78 is 13.8. The van der Waals surface area contributed by atoms with Crippen LogP contribution in [0.1, 0.15) is 18.9 Å². The Labute approximate surface area is 105 Å². The summed E-state index contributed by atoms with van der Waals surface area (Å²) in [5.41, 5.74) is 6.10. The first-order valence-electron chi connectivity index (χ1n) is 5.62. The molecule has 0 aliphatic carbocycles. The van der Waals surface area contributed by atoms with E-state index in [4.69, 9.17) is 10.9 Å². The number of hydrogen-bond acceptors (Lipinski definition) is 4. The van der Waals surface area contributed by atoms with Crippen LogP contribution in [0, 0.1) is 5.82 Å². The highest BCUT2D eigenvalue weighted by Crippen LogP contribution is 2.19. The van der Waals surface area contributed by atoms with Crippen LogP contribution < -0.4 is 10.6 Å².